The van der Waals surface area contributed by atoms with Crippen molar-refractivity contribution in [1.29, 1.82) is 0 Å². The van der Waals surface area contributed by atoms with Crippen molar-refractivity contribution in [3.05, 3.63) is 11.6 Å². The van der Waals surface area contributed by atoms with E-state index < -0.39 is 0 Å². The summed E-state index contributed by atoms with van der Waals surface area (Å²) in [6.07, 6.45) is 6.24. The number of hydrogen-bond donors (Lipinski definition) is 1. The van der Waals surface area contributed by atoms with E-state index in [9.17, 15) is 4.79 Å². The Labute approximate surface area is 90.7 Å². The molecular formula is C10H17ClN2O. The molecule has 0 unspecified atom stereocenters. The normalized spacial score (nSPS) is 25.4. The summed E-state index contributed by atoms with van der Waals surface area (Å²) in [6.45, 7) is 1.58. The predicted molar refractivity (Wildman–Crippen MR) is 58.4 cm³/mol. The number of hydrogen-bond acceptors (Lipinski definition) is 2. The predicted octanol–water partition coefficient (Wildman–Crippen LogP) is 1.08. The van der Waals surface area contributed by atoms with Crippen molar-refractivity contribution >= 4 is 18.3 Å². The van der Waals surface area contributed by atoms with Crippen molar-refractivity contribution in [2.24, 2.45) is 5.73 Å². The van der Waals surface area contributed by atoms with Gasteiger partial charge < -0.3 is 10.6 Å². The summed E-state index contributed by atoms with van der Waals surface area (Å²) in [5.41, 5.74) is 7.04. The molecule has 1 amide bonds. The zero-order chi connectivity index (χ0) is 9.26. The van der Waals surface area contributed by atoms with Gasteiger partial charge in [-0.1, -0.05) is 5.57 Å². The Morgan fingerprint density at radius 1 is 1.50 bits per heavy atom. The number of nitrogens with two attached hydrogens (primary N) is 1. The molecule has 1 aliphatic carbocycles. The lowest BCUT2D eigenvalue weighted by Gasteiger charge is -2.18. The summed E-state index contributed by atoms with van der Waals surface area (Å²) >= 11 is 0. The van der Waals surface area contributed by atoms with Crippen molar-refractivity contribution in [2.75, 3.05) is 13.1 Å². The number of nitrogens with zero attached hydrogens (tertiary/aromatic N) is 1. The second kappa shape index (κ2) is 4.80. The van der Waals surface area contributed by atoms with E-state index in [0.29, 0.717) is 0 Å². The van der Waals surface area contributed by atoms with Crippen LogP contribution >= 0.6 is 12.4 Å². The van der Waals surface area contributed by atoms with Gasteiger partial charge in [0, 0.05) is 25.2 Å². The first-order chi connectivity index (χ1) is 6.25. The maximum Gasteiger partial charge on any atom is 0.246 e. The topological polar surface area (TPSA) is 46.3 Å². The monoisotopic (exact) mass is 216 g/mol. The number of halogens is 1. The number of amides is 1. The molecule has 1 saturated heterocycles. The van der Waals surface area contributed by atoms with Crippen LogP contribution in [0.1, 0.15) is 25.7 Å². The van der Waals surface area contributed by atoms with Gasteiger partial charge in [-0.3, -0.25) is 4.79 Å². The van der Waals surface area contributed by atoms with E-state index >= 15 is 0 Å². The Kier molecular flexibility index (Phi) is 3.96. The lowest BCUT2D eigenvalue weighted by molar-refractivity contribution is -0.125. The van der Waals surface area contributed by atoms with E-state index in [2.05, 4.69) is 0 Å². The molecular weight excluding hydrogens is 200 g/mol. The Balaban J connectivity index is 0.000000980. The average Bonchev–Trinajstić information content (AvgIpc) is 2.44. The van der Waals surface area contributed by atoms with Gasteiger partial charge in [-0.05, 0) is 25.7 Å². The van der Waals surface area contributed by atoms with Crippen LogP contribution < -0.4 is 5.73 Å². The fourth-order valence-electron chi connectivity index (χ4n) is 1.78. The number of likely N-dealkylation sites (tertiary alicyclic amines) is 1. The minimum absolute atomic E-state index is 0. The number of carbonyl (C=O) groups excluding carboxylic acids is 1. The third-order valence-corrected chi connectivity index (χ3v) is 2.86. The molecule has 4 heteroatoms. The first-order valence-corrected chi connectivity index (χ1v) is 4.99. The van der Waals surface area contributed by atoms with Crippen LogP contribution in [-0.4, -0.2) is 29.9 Å². The molecule has 1 aliphatic heterocycles. The molecule has 3 nitrogen and oxygen atoms in total. The molecule has 14 heavy (non-hydrogen) atoms. The first kappa shape index (κ1) is 11.5. The largest absolute Gasteiger partial charge is 0.338 e. The molecule has 0 aromatic carbocycles. The van der Waals surface area contributed by atoms with Gasteiger partial charge >= 0.3 is 0 Å². The molecule has 0 radical (unpaired) electrons. The van der Waals surface area contributed by atoms with Crippen LogP contribution in [0, 0.1) is 0 Å². The van der Waals surface area contributed by atoms with Gasteiger partial charge in [0.15, 0.2) is 0 Å². The lowest BCUT2D eigenvalue weighted by atomic mass is 9.92. The van der Waals surface area contributed by atoms with Crippen molar-refractivity contribution in [1.82, 2.24) is 4.90 Å². The molecule has 2 N–H and O–H groups in total. The van der Waals surface area contributed by atoms with Crippen LogP contribution in [0.2, 0.25) is 0 Å². The van der Waals surface area contributed by atoms with Crippen LogP contribution in [-0.2, 0) is 4.79 Å². The van der Waals surface area contributed by atoms with Crippen molar-refractivity contribution in [3.8, 4) is 0 Å². The summed E-state index contributed by atoms with van der Waals surface area (Å²) < 4.78 is 0. The van der Waals surface area contributed by atoms with E-state index in [1.807, 2.05) is 11.0 Å². The Hall–Kier alpha value is -0.540. The zero-order valence-corrected chi connectivity index (χ0v) is 9.05. The molecule has 2 fully saturated rings. The summed E-state index contributed by atoms with van der Waals surface area (Å²) in [5, 5.41) is 0. The van der Waals surface area contributed by atoms with Crippen LogP contribution in [0.4, 0.5) is 0 Å². The summed E-state index contributed by atoms with van der Waals surface area (Å²) in [7, 11) is 0. The van der Waals surface area contributed by atoms with E-state index in [1.165, 1.54) is 12.0 Å². The number of carbonyl (C=O) groups is 1. The van der Waals surface area contributed by atoms with E-state index in [4.69, 9.17) is 5.73 Å². The van der Waals surface area contributed by atoms with Gasteiger partial charge in [0.25, 0.3) is 0 Å². The molecule has 0 aromatic heterocycles. The Morgan fingerprint density at radius 3 is 2.64 bits per heavy atom. The summed E-state index contributed by atoms with van der Waals surface area (Å²) in [6, 6.07) is 0.198. The summed E-state index contributed by atoms with van der Waals surface area (Å²) in [4.78, 5) is 13.4. The standard InChI is InChI=1S/C10H16N2O.ClH/c11-9-4-5-12(7-9)10(13)6-8-2-1-3-8;/h6,9H,1-5,7,11H2;1H/t9-;/m0./s1. The second-order valence-electron chi connectivity index (χ2n) is 3.99. The Morgan fingerprint density at radius 2 is 2.21 bits per heavy atom. The quantitative estimate of drug-likeness (QED) is 0.667. The number of rotatable bonds is 1. The lowest BCUT2D eigenvalue weighted by Crippen LogP contribution is -2.31. The SMILES string of the molecule is Cl.N[C@H]1CCN(C(=O)C=C2CCC2)C1. The van der Waals surface area contributed by atoms with Gasteiger partial charge in [0.2, 0.25) is 5.91 Å². The maximum absolute atomic E-state index is 11.6. The van der Waals surface area contributed by atoms with Crippen LogP contribution in [0.5, 0.6) is 0 Å². The van der Waals surface area contributed by atoms with Crippen LogP contribution in [0.3, 0.4) is 0 Å². The molecule has 1 saturated carbocycles. The fourth-order valence-corrected chi connectivity index (χ4v) is 1.78. The third kappa shape index (κ3) is 2.49. The minimum atomic E-state index is 0. The molecule has 1 atom stereocenters. The highest BCUT2D eigenvalue weighted by molar-refractivity contribution is 5.88. The highest BCUT2D eigenvalue weighted by Crippen LogP contribution is 2.25. The van der Waals surface area contributed by atoms with E-state index in [-0.39, 0.29) is 24.4 Å². The first-order valence-electron chi connectivity index (χ1n) is 4.99. The van der Waals surface area contributed by atoms with E-state index in [1.54, 1.807) is 0 Å². The molecule has 2 aliphatic rings. The van der Waals surface area contributed by atoms with Gasteiger partial charge in [0.1, 0.15) is 0 Å². The molecule has 80 valence electrons. The highest BCUT2D eigenvalue weighted by atomic mass is 35.5. The van der Waals surface area contributed by atoms with Gasteiger partial charge in [-0.25, -0.2) is 0 Å². The van der Waals surface area contributed by atoms with Gasteiger partial charge in [-0.15, -0.1) is 12.4 Å². The minimum Gasteiger partial charge on any atom is -0.338 e. The Bertz CT molecular complexity index is 247. The van der Waals surface area contributed by atoms with Crippen molar-refractivity contribution < 1.29 is 4.79 Å². The number of allylic oxidation sites excluding steroid dienone is 1. The fraction of sp³-hybridized carbons (Fsp3) is 0.700. The molecule has 0 spiro atoms. The highest BCUT2D eigenvalue weighted by Gasteiger charge is 2.23. The summed E-state index contributed by atoms with van der Waals surface area (Å²) in [5.74, 6) is 0.169. The maximum atomic E-state index is 11.6. The molecule has 2 rings (SSSR count). The smallest absolute Gasteiger partial charge is 0.246 e. The van der Waals surface area contributed by atoms with Gasteiger partial charge in [-0.2, -0.15) is 0 Å². The van der Waals surface area contributed by atoms with Crippen molar-refractivity contribution in [3.63, 3.8) is 0 Å². The average molecular weight is 217 g/mol. The zero-order valence-electron chi connectivity index (χ0n) is 8.24. The van der Waals surface area contributed by atoms with E-state index in [0.717, 1.165) is 32.4 Å². The van der Waals surface area contributed by atoms with Gasteiger partial charge in [0.05, 0.1) is 0 Å². The second-order valence-corrected chi connectivity index (χ2v) is 3.99. The molecule has 1 heterocycles. The molecule has 0 aromatic rings. The molecule has 0 bridgehead atoms. The van der Waals surface area contributed by atoms with Crippen LogP contribution in [0.15, 0.2) is 11.6 Å². The van der Waals surface area contributed by atoms with Crippen molar-refractivity contribution in [2.45, 2.75) is 31.7 Å². The van der Waals surface area contributed by atoms with Crippen LogP contribution in [0.25, 0.3) is 0 Å². The third-order valence-electron chi connectivity index (χ3n) is 2.86.